The highest BCUT2D eigenvalue weighted by Gasteiger charge is 2.32. The number of carbonyl (C=O) groups excluding carboxylic acids is 2. The van der Waals surface area contributed by atoms with Crippen molar-refractivity contribution < 1.29 is 14.3 Å². The van der Waals surface area contributed by atoms with E-state index in [9.17, 15) is 9.59 Å². The summed E-state index contributed by atoms with van der Waals surface area (Å²) in [4.78, 5) is 26.6. The van der Waals surface area contributed by atoms with E-state index in [0.717, 1.165) is 37.3 Å². The van der Waals surface area contributed by atoms with Gasteiger partial charge in [-0.05, 0) is 30.9 Å². The van der Waals surface area contributed by atoms with E-state index in [1.165, 1.54) is 0 Å². The molecule has 0 unspecified atom stereocenters. The molecule has 4 nitrogen and oxygen atoms in total. The molecule has 6 heteroatoms. The van der Waals surface area contributed by atoms with Crippen LogP contribution in [0.2, 0.25) is 4.34 Å². The zero-order valence-corrected chi connectivity index (χ0v) is 13.2. The maximum atomic E-state index is 12.4. The third-order valence-electron chi connectivity index (χ3n) is 3.28. The Kier molecular flexibility index (Phi) is 5.05. The molecule has 1 aliphatic rings. The summed E-state index contributed by atoms with van der Waals surface area (Å²) < 4.78 is 5.94. The van der Waals surface area contributed by atoms with Crippen LogP contribution >= 0.6 is 22.9 Å². The molecule has 1 aliphatic heterocycles. The van der Waals surface area contributed by atoms with E-state index in [2.05, 4.69) is 0 Å². The fourth-order valence-electron chi connectivity index (χ4n) is 2.19. The lowest BCUT2D eigenvalue weighted by atomic mass is 10.1. The Labute approximate surface area is 127 Å². The molecule has 1 fully saturated rings. The van der Waals surface area contributed by atoms with Gasteiger partial charge in [0.1, 0.15) is 4.88 Å². The minimum absolute atomic E-state index is 0.0533. The summed E-state index contributed by atoms with van der Waals surface area (Å²) in [6, 6.07) is 3.27. The normalized spacial score (nSPS) is 16.5. The number of hydrogen-bond donors (Lipinski definition) is 0. The van der Waals surface area contributed by atoms with Gasteiger partial charge in [0.2, 0.25) is 0 Å². The number of hydrogen-bond acceptors (Lipinski definition) is 4. The molecule has 20 heavy (non-hydrogen) atoms. The van der Waals surface area contributed by atoms with Crippen LogP contribution in [0.25, 0.3) is 0 Å². The van der Waals surface area contributed by atoms with Crippen molar-refractivity contribution in [2.75, 3.05) is 13.1 Å². The van der Waals surface area contributed by atoms with Gasteiger partial charge in [-0.1, -0.05) is 25.4 Å². The first-order chi connectivity index (χ1) is 9.49. The zero-order valence-electron chi connectivity index (χ0n) is 11.6. The summed E-state index contributed by atoms with van der Waals surface area (Å²) in [5.74, 6) is -0.621. The molecule has 2 rings (SSSR count). The number of ether oxygens (including phenoxy) is 1. The maximum Gasteiger partial charge on any atom is 0.349 e. The number of nitrogens with zero attached hydrogens (tertiary/aromatic N) is 1. The lowest BCUT2D eigenvalue weighted by molar-refractivity contribution is -0.141. The molecular weight excluding hydrogens is 298 g/mol. The predicted octanol–water partition coefficient (Wildman–Crippen LogP) is 3.21. The second-order valence-electron chi connectivity index (χ2n) is 5.21. The van der Waals surface area contributed by atoms with Gasteiger partial charge in [-0.3, -0.25) is 4.79 Å². The molecule has 0 saturated carbocycles. The van der Waals surface area contributed by atoms with Crippen molar-refractivity contribution in [3.05, 3.63) is 21.3 Å². The lowest BCUT2D eigenvalue weighted by Crippen LogP contribution is -2.42. The third-order valence-corrected chi connectivity index (χ3v) is 4.49. The molecule has 0 aliphatic carbocycles. The average Bonchev–Trinajstić information content (AvgIpc) is 3.05. The molecule has 110 valence electrons. The smallest absolute Gasteiger partial charge is 0.349 e. The lowest BCUT2D eigenvalue weighted by Gasteiger charge is -2.25. The first-order valence-electron chi connectivity index (χ1n) is 6.74. The largest absolute Gasteiger partial charge is 0.448 e. The molecule has 0 bridgehead atoms. The summed E-state index contributed by atoms with van der Waals surface area (Å²) in [5, 5.41) is 0. The predicted molar refractivity (Wildman–Crippen MR) is 79.2 cm³/mol. The Balaban J connectivity index is 2.05. The van der Waals surface area contributed by atoms with Crippen LogP contribution in [0.15, 0.2) is 12.1 Å². The molecule has 0 aromatic carbocycles. The van der Waals surface area contributed by atoms with E-state index in [1.54, 1.807) is 17.0 Å². The Morgan fingerprint density at radius 1 is 1.30 bits per heavy atom. The Hall–Kier alpha value is -1.07. The van der Waals surface area contributed by atoms with E-state index < -0.39 is 12.1 Å². The zero-order chi connectivity index (χ0) is 14.7. The quantitative estimate of drug-likeness (QED) is 0.802. The van der Waals surface area contributed by atoms with E-state index in [4.69, 9.17) is 16.3 Å². The van der Waals surface area contributed by atoms with Crippen molar-refractivity contribution >= 4 is 34.8 Å². The first-order valence-corrected chi connectivity index (χ1v) is 7.93. The molecule has 1 aromatic rings. The topological polar surface area (TPSA) is 46.6 Å². The number of thiophene rings is 1. The van der Waals surface area contributed by atoms with E-state index in [0.29, 0.717) is 9.21 Å². The number of esters is 1. The average molecular weight is 316 g/mol. The van der Waals surface area contributed by atoms with Crippen molar-refractivity contribution in [3.8, 4) is 0 Å². The number of halogens is 1. The summed E-state index contributed by atoms with van der Waals surface area (Å²) in [6.45, 7) is 5.27. The minimum Gasteiger partial charge on any atom is -0.448 e. The standard InChI is InChI=1S/C14H18ClNO3S/c1-9(2)12(13(17)16-7-3-4-8-16)19-14(18)10-5-6-11(15)20-10/h5-6,9,12H,3-4,7-8H2,1-2H3/t12-/m1/s1. The third kappa shape index (κ3) is 3.52. The van der Waals surface area contributed by atoms with Crippen molar-refractivity contribution in [2.45, 2.75) is 32.8 Å². The highest BCUT2D eigenvalue weighted by molar-refractivity contribution is 7.17. The highest BCUT2D eigenvalue weighted by Crippen LogP contribution is 2.24. The molecule has 1 amide bonds. The highest BCUT2D eigenvalue weighted by atomic mass is 35.5. The Morgan fingerprint density at radius 3 is 2.45 bits per heavy atom. The van der Waals surface area contributed by atoms with Crippen LogP contribution in [-0.4, -0.2) is 36.0 Å². The van der Waals surface area contributed by atoms with Gasteiger partial charge in [0.25, 0.3) is 5.91 Å². The molecule has 2 heterocycles. The molecule has 0 N–H and O–H groups in total. The number of amides is 1. The van der Waals surface area contributed by atoms with Gasteiger partial charge in [-0.15, -0.1) is 11.3 Å². The van der Waals surface area contributed by atoms with Gasteiger partial charge in [0.05, 0.1) is 4.34 Å². The van der Waals surface area contributed by atoms with Crippen molar-refractivity contribution in [2.24, 2.45) is 5.92 Å². The van der Waals surface area contributed by atoms with Crippen LogP contribution in [-0.2, 0) is 9.53 Å². The molecule has 0 spiro atoms. The fraction of sp³-hybridized carbons (Fsp3) is 0.571. The van der Waals surface area contributed by atoms with Crippen LogP contribution < -0.4 is 0 Å². The minimum atomic E-state index is -0.721. The van der Waals surface area contributed by atoms with Gasteiger partial charge in [-0.25, -0.2) is 4.79 Å². The van der Waals surface area contributed by atoms with Gasteiger partial charge >= 0.3 is 5.97 Å². The van der Waals surface area contributed by atoms with Crippen LogP contribution in [0, 0.1) is 5.92 Å². The second-order valence-corrected chi connectivity index (χ2v) is 6.92. The molecular formula is C14H18ClNO3S. The molecule has 0 radical (unpaired) electrons. The van der Waals surface area contributed by atoms with Crippen LogP contribution in [0.5, 0.6) is 0 Å². The Morgan fingerprint density at radius 2 is 1.95 bits per heavy atom. The van der Waals surface area contributed by atoms with E-state index in [1.807, 2.05) is 13.8 Å². The number of likely N-dealkylation sites (tertiary alicyclic amines) is 1. The van der Waals surface area contributed by atoms with Crippen LogP contribution in [0.4, 0.5) is 0 Å². The number of carbonyl (C=O) groups is 2. The molecule has 1 aromatic heterocycles. The molecule has 1 saturated heterocycles. The maximum absolute atomic E-state index is 12.4. The van der Waals surface area contributed by atoms with Gasteiger partial charge in [0, 0.05) is 13.1 Å². The fourth-order valence-corrected chi connectivity index (χ4v) is 3.11. The Bertz CT molecular complexity index is 494. The summed E-state index contributed by atoms with van der Waals surface area (Å²) >= 11 is 6.96. The second kappa shape index (κ2) is 6.59. The SMILES string of the molecule is CC(C)[C@@H](OC(=O)c1ccc(Cl)s1)C(=O)N1CCCC1. The molecule has 1 atom stereocenters. The van der Waals surface area contributed by atoms with E-state index >= 15 is 0 Å². The van der Waals surface area contributed by atoms with E-state index in [-0.39, 0.29) is 11.8 Å². The summed E-state index contributed by atoms with van der Waals surface area (Å²) in [7, 11) is 0. The summed E-state index contributed by atoms with van der Waals surface area (Å²) in [5.41, 5.74) is 0. The van der Waals surface area contributed by atoms with Gasteiger partial charge < -0.3 is 9.64 Å². The summed E-state index contributed by atoms with van der Waals surface area (Å²) in [6.07, 6.45) is 1.32. The van der Waals surface area contributed by atoms with Crippen molar-refractivity contribution in [1.82, 2.24) is 4.90 Å². The first kappa shape index (κ1) is 15.3. The van der Waals surface area contributed by atoms with Gasteiger partial charge in [0.15, 0.2) is 6.10 Å². The van der Waals surface area contributed by atoms with Crippen LogP contribution in [0.3, 0.4) is 0 Å². The van der Waals surface area contributed by atoms with Gasteiger partial charge in [-0.2, -0.15) is 0 Å². The number of rotatable bonds is 4. The van der Waals surface area contributed by atoms with Crippen LogP contribution in [0.1, 0.15) is 36.4 Å². The monoisotopic (exact) mass is 315 g/mol. The van der Waals surface area contributed by atoms with Crippen molar-refractivity contribution in [3.63, 3.8) is 0 Å². The van der Waals surface area contributed by atoms with Crippen molar-refractivity contribution in [1.29, 1.82) is 0 Å².